The second-order valence-corrected chi connectivity index (χ2v) is 0.214. The van der Waals surface area contributed by atoms with Gasteiger partial charge in [0.25, 0.3) is 0 Å². The summed E-state index contributed by atoms with van der Waals surface area (Å²) >= 11 is 0. The van der Waals surface area contributed by atoms with Crippen molar-refractivity contribution in [2.45, 2.75) is 0 Å². The fourth-order valence-electron chi connectivity index (χ4n) is 0. The van der Waals surface area contributed by atoms with Gasteiger partial charge in [-0.05, 0) is 0 Å². The molecule has 0 bridgehead atoms. The van der Waals surface area contributed by atoms with E-state index in [-0.39, 0.29) is 44.7 Å². The van der Waals surface area contributed by atoms with Gasteiger partial charge in [-0.15, -0.1) is 17.0 Å². The van der Waals surface area contributed by atoms with Gasteiger partial charge in [-0.3, -0.25) is 0 Å². The van der Waals surface area contributed by atoms with Crippen LogP contribution in [0.5, 0.6) is 0 Å². The zero-order valence-electron chi connectivity index (χ0n) is 3.13. The Morgan fingerprint density at radius 1 is 1.00 bits per heavy atom. The van der Waals surface area contributed by atoms with Gasteiger partial charge < -0.3 is 17.9 Å². The van der Waals surface area contributed by atoms with E-state index in [1.165, 1.54) is 0 Å². The molecule has 0 radical (unpaired) electrons. The van der Waals surface area contributed by atoms with E-state index in [1.54, 1.807) is 0 Å². The molecule has 0 saturated heterocycles. The SMILES string of the molecule is Br.F[C-](F)F.[F-].[Mg+2]. The standard InChI is InChI=1S/CF3.BrH.FH.Mg/c2-1(3)4;;;/h;2*1H;/q-1;;;+2/p-1. The van der Waals surface area contributed by atoms with Gasteiger partial charge in [0.1, 0.15) is 0 Å². The molecule has 0 amide bonds. The van der Waals surface area contributed by atoms with Crippen LogP contribution in [0, 0.1) is 6.68 Å². The minimum Gasteiger partial charge on any atom is -1.00 e. The van der Waals surface area contributed by atoms with E-state index in [9.17, 15) is 13.2 Å². The van der Waals surface area contributed by atoms with E-state index in [0.717, 1.165) is 0 Å². The molecule has 0 aliphatic rings. The van der Waals surface area contributed by atoms with Gasteiger partial charge in [-0.25, -0.2) is 0 Å². The van der Waals surface area contributed by atoms with Crippen molar-refractivity contribution in [2.75, 3.05) is 0 Å². The van der Waals surface area contributed by atoms with Crippen LogP contribution in [-0.2, 0) is 0 Å². The van der Waals surface area contributed by atoms with Gasteiger partial charge in [-0.2, -0.15) is 0 Å². The first-order valence-electron chi connectivity index (χ1n) is 0.567. The molecular weight excluding hydrogens is 192 g/mol. The molecular formula is CHBrF4Mg. The van der Waals surface area contributed by atoms with Gasteiger partial charge in [0.15, 0.2) is 6.68 Å². The third-order valence-electron chi connectivity index (χ3n) is 0. The van der Waals surface area contributed by atoms with Crippen LogP contribution in [0.2, 0.25) is 0 Å². The average molecular weight is 193 g/mol. The van der Waals surface area contributed by atoms with E-state index in [4.69, 9.17) is 0 Å². The van der Waals surface area contributed by atoms with Crippen molar-refractivity contribution in [3.63, 3.8) is 0 Å². The Morgan fingerprint density at radius 2 is 1.00 bits per heavy atom. The molecule has 0 atom stereocenters. The van der Waals surface area contributed by atoms with Gasteiger partial charge in [0, 0.05) is 0 Å². The van der Waals surface area contributed by atoms with E-state index in [1.807, 2.05) is 0 Å². The van der Waals surface area contributed by atoms with Crippen molar-refractivity contribution in [1.82, 2.24) is 0 Å². The molecule has 0 aliphatic heterocycles. The number of hydrogen-bond acceptors (Lipinski definition) is 0. The second-order valence-electron chi connectivity index (χ2n) is 0.214. The maximum Gasteiger partial charge on any atom is 2.00 e. The molecule has 0 aliphatic carbocycles. The normalized spacial score (nSPS) is 5.14. The van der Waals surface area contributed by atoms with Crippen LogP contribution in [-0.4, -0.2) is 23.1 Å². The van der Waals surface area contributed by atoms with E-state index in [0.29, 0.717) is 0 Å². The first-order chi connectivity index (χ1) is 1.73. The molecule has 0 nitrogen and oxygen atoms in total. The van der Waals surface area contributed by atoms with E-state index < -0.39 is 6.68 Å². The maximum absolute atomic E-state index is 9.58. The Hall–Kier alpha value is 0.966. The minimum atomic E-state index is -3.08. The fraction of sp³-hybridized carbons (Fsp3) is 0. The molecule has 6 heteroatoms. The summed E-state index contributed by atoms with van der Waals surface area (Å²) < 4.78 is 28.8. The molecule has 0 saturated carbocycles. The molecule has 7 heavy (non-hydrogen) atoms. The summed E-state index contributed by atoms with van der Waals surface area (Å²) in [7, 11) is 0. The summed E-state index contributed by atoms with van der Waals surface area (Å²) in [5, 5.41) is 0. The van der Waals surface area contributed by atoms with Gasteiger partial charge in [-0.1, -0.05) is 0 Å². The Kier molecular flexibility index (Phi) is 55.3. The van der Waals surface area contributed by atoms with Crippen molar-refractivity contribution >= 4 is 40.0 Å². The van der Waals surface area contributed by atoms with Gasteiger partial charge in [0.2, 0.25) is 0 Å². The number of rotatable bonds is 0. The van der Waals surface area contributed by atoms with Crippen LogP contribution < -0.4 is 4.70 Å². The zero-order chi connectivity index (χ0) is 3.58. The maximum atomic E-state index is 9.58. The Balaban J connectivity index is -0.0000000150. The summed E-state index contributed by atoms with van der Waals surface area (Å²) in [6, 6.07) is 0. The second kappa shape index (κ2) is 15.8. The van der Waals surface area contributed by atoms with Crippen molar-refractivity contribution in [3.05, 3.63) is 6.68 Å². The molecule has 0 unspecified atom stereocenters. The Morgan fingerprint density at radius 3 is 1.00 bits per heavy atom. The summed E-state index contributed by atoms with van der Waals surface area (Å²) in [6.45, 7) is -3.08. The number of hydrogen-bond donors (Lipinski definition) is 0. The Labute approximate surface area is 64.7 Å². The first-order valence-corrected chi connectivity index (χ1v) is 0.567. The van der Waals surface area contributed by atoms with Crippen LogP contribution in [0.1, 0.15) is 0 Å². The van der Waals surface area contributed by atoms with E-state index in [2.05, 4.69) is 0 Å². The summed E-state index contributed by atoms with van der Waals surface area (Å²) in [4.78, 5) is 0. The predicted octanol–water partition coefficient (Wildman–Crippen LogP) is -1.46. The molecule has 0 N–H and O–H groups in total. The van der Waals surface area contributed by atoms with Gasteiger partial charge >= 0.3 is 23.1 Å². The third kappa shape index (κ3) is 184. The van der Waals surface area contributed by atoms with Crippen molar-refractivity contribution in [3.8, 4) is 0 Å². The summed E-state index contributed by atoms with van der Waals surface area (Å²) in [5.41, 5.74) is 0. The molecule has 0 aromatic heterocycles. The topological polar surface area (TPSA) is 0 Å². The van der Waals surface area contributed by atoms with Crippen molar-refractivity contribution in [1.29, 1.82) is 0 Å². The quantitative estimate of drug-likeness (QED) is 0.251. The van der Waals surface area contributed by atoms with Crippen LogP contribution in [0.15, 0.2) is 0 Å². The minimum absolute atomic E-state index is 0. The van der Waals surface area contributed by atoms with Crippen LogP contribution in [0.3, 0.4) is 0 Å². The zero-order valence-corrected chi connectivity index (χ0v) is 6.25. The summed E-state index contributed by atoms with van der Waals surface area (Å²) in [5.74, 6) is 0. The number of halogens is 5. The Bertz CT molecular complexity index is 16.4. The third-order valence-corrected chi connectivity index (χ3v) is 0. The molecule has 0 rings (SSSR count). The van der Waals surface area contributed by atoms with Crippen LogP contribution in [0.25, 0.3) is 0 Å². The monoisotopic (exact) mass is 192 g/mol. The largest absolute Gasteiger partial charge is 2.00 e. The fourth-order valence-corrected chi connectivity index (χ4v) is 0. The average Bonchev–Trinajstić information content (AvgIpc) is 0.811. The first kappa shape index (κ1) is 24.6. The van der Waals surface area contributed by atoms with Crippen molar-refractivity contribution < 1.29 is 17.9 Å². The summed E-state index contributed by atoms with van der Waals surface area (Å²) in [6.07, 6.45) is 0. The van der Waals surface area contributed by atoms with Crippen molar-refractivity contribution in [2.24, 2.45) is 0 Å². The smallest absolute Gasteiger partial charge is 1.00 e. The molecule has 0 aromatic carbocycles. The van der Waals surface area contributed by atoms with Crippen LogP contribution in [0.4, 0.5) is 13.2 Å². The van der Waals surface area contributed by atoms with E-state index >= 15 is 0 Å². The molecule has 0 heterocycles. The van der Waals surface area contributed by atoms with Crippen LogP contribution >= 0.6 is 17.0 Å². The van der Waals surface area contributed by atoms with Gasteiger partial charge in [0.05, 0.1) is 0 Å². The predicted molar refractivity (Wildman–Crippen MR) is 22.6 cm³/mol. The molecule has 0 spiro atoms. The molecule has 0 aromatic rings. The molecule has 0 fully saturated rings. The molecule has 42 valence electrons.